The molecule has 1 aromatic carbocycles. The average molecular weight is 489 g/mol. The molecule has 37 heavy (non-hydrogen) atoms. The van der Waals surface area contributed by atoms with Crippen molar-refractivity contribution in [3.05, 3.63) is 84.4 Å². The minimum absolute atomic E-state index is 0.0269. The Labute approximate surface area is 213 Å². The lowest BCUT2D eigenvalue weighted by Crippen LogP contribution is -2.21. The average Bonchev–Trinajstić information content (AvgIpc) is 3.53. The highest BCUT2D eigenvalue weighted by Gasteiger charge is 2.16. The number of hydrogen-bond donors (Lipinski definition) is 0. The van der Waals surface area contributed by atoms with Crippen LogP contribution >= 0.6 is 0 Å². The van der Waals surface area contributed by atoms with Crippen molar-refractivity contribution in [2.75, 3.05) is 14.1 Å². The van der Waals surface area contributed by atoms with Crippen LogP contribution in [-0.4, -0.2) is 59.2 Å². The van der Waals surface area contributed by atoms with E-state index in [-0.39, 0.29) is 5.91 Å². The first-order valence-corrected chi connectivity index (χ1v) is 11.8. The Bertz CT molecular complexity index is 1800. The van der Waals surface area contributed by atoms with Crippen molar-refractivity contribution in [1.29, 1.82) is 0 Å². The number of imidazole rings is 1. The summed E-state index contributed by atoms with van der Waals surface area (Å²) in [5.41, 5.74) is 8.19. The molecule has 0 bridgehead atoms. The van der Waals surface area contributed by atoms with E-state index in [9.17, 15) is 4.79 Å². The largest absolute Gasteiger partial charge is 0.345 e. The van der Waals surface area contributed by atoms with E-state index in [4.69, 9.17) is 10.1 Å². The van der Waals surface area contributed by atoms with Crippen LogP contribution in [0.25, 0.3) is 50.5 Å². The van der Waals surface area contributed by atoms with E-state index < -0.39 is 0 Å². The zero-order valence-corrected chi connectivity index (χ0v) is 20.9. The van der Waals surface area contributed by atoms with E-state index in [0.717, 1.165) is 50.5 Å². The summed E-state index contributed by atoms with van der Waals surface area (Å²) in [4.78, 5) is 27.7. The number of rotatable bonds is 4. The minimum atomic E-state index is -0.0269. The quantitative estimate of drug-likeness (QED) is 0.365. The van der Waals surface area contributed by atoms with Gasteiger partial charge in [-0.2, -0.15) is 10.2 Å². The molecule has 0 aliphatic heterocycles. The van der Waals surface area contributed by atoms with Crippen molar-refractivity contribution >= 4 is 22.6 Å². The van der Waals surface area contributed by atoms with Gasteiger partial charge in [0, 0.05) is 55.6 Å². The predicted octanol–water partition coefficient (Wildman–Crippen LogP) is 4.42. The molecular formula is C28H24N8O. The second-order valence-electron chi connectivity index (χ2n) is 9.13. The standard InChI is InChI=1S/C28H24N8O/c1-17-22(18-5-7-19(8-6-18)28(37)34(2)3)15-26-30-16-25(36(26)32-17)20-11-13-29-27-21(20)9-10-23(31-27)24-12-14-35(4)33-24/h5-16H,1-4H3. The summed E-state index contributed by atoms with van der Waals surface area (Å²) in [6.45, 7) is 1.97. The Morgan fingerprint density at radius 3 is 2.43 bits per heavy atom. The third-order valence-corrected chi connectivity index (χ3v) is 6.38. The summed E-state index contributed by atoms with van der Waals surface area (Å²) in [5, 5.41) is 10.2. The van der Waals surface area contributed by atoms with Gasteiger partial charge in [0.05, 0.1) is 23.3 Å². The fourth-order valence-corrected chi connectivity index (χ4v) is 4.47. The lowest BCUT2D eigenvalue weighted by atomic mass is 10.0. The fraction of sp³-hybridized carbons (Fsp3) is 0.143. The number of hydrogen-bond acceptors (Lipinski definition) is 6. The van der Waals surface area contributed by atoms with Gasteiger partial charge in [0.1, 0.15) is 5.69 Å². The van der Waals surface area contributed by atoms with Gasteiger partial charge in [-0.15, -0.1) is 0 Å². The summed E-state index contributed by atoms with van der Waals surface area (Å²) in [6.07, 6.45) is 5.47. The lowest BCUT2D eigenvalue weighted by molar-refractivity contribution is 0.0827. The normalized spacial score (nSPS) is 11.4. The first kappa shape index (κ1) is 22.5. The van der Waals surface area contributed by atoms with Gasteiger partial charge >= 0.3 is 0 Å². The summed E-state index contributed by atoms with van der Waals surface area (Å²) >= 11 is 0. The zero-order chi connectivity index (χ0) is 25.7. The van der Waals surface area contributed by atoms with Gasteiger partial charge < -0.3 is 4.90 Å². The second kappa shape index (κ2) is 8.63. The third-order valence-electron chi connectivity index (χ3n) is 6.38. The summed E-state index contributed by atoms with van der Waals surface area (Å²) in [6, 6.07) is 17.5. The van der Waals surface area contributed by atoms with Gasteiger partial charge in [-0.3, -0.25) is 9.48 Å². The smallest absolute Gasteiger partial charge is 0.253 e. The molecule has 1 amide bonds. The van der Waals surface area contributed by atoms with Crippen LogP contribution in [0.1, 0.15) is 16.1 Å². The van der Waals surface area contributed by atoms with Gasteiger partial charge in [-0.1, -0.05) is 12.1 Å². The molecule has 0 unspecified atom stereocenters. The number of carbonyl (C=O) groups is 1. The maximum atomic E-state index is 12.2. The molecule has 9 nitrogen and oxygen atoms in total. The van der Waals surface area contributed by atoms with E-state index in [1.807, 2.05) is 85.5 Å². The highest BCUT2D eigenvalue weighted by Crippen LogP contribution is 2.31. The predicted molar refractivity (Wildman–Crippen MR) is 142 cm³/mol. The van der Waals surface area contributed by atoms with Crippen molar-refractivity contribution in [3.63, 3.8) is 0 Å². The highest BCUT2D eigenvalue weighted by atomic mass is 16.2. The number of benzene rings is 1. The maximum absolute atomic E-state index is 12.2. The van der Waals surface area contributed by atoms with Crippen LogP contribution in [0, 0.1) is 6.92 Å². The first-order valence-electron chi connectivity index (χ1n) is 11.8. The number of aryl methyl sites for hydroxylation is 2. The van der Waals surface area contributed by atoms with E-state index in [2.05, 4.69) is 15.1 Å². The lowest BCUT2D eigenvalue weighted by Gasteiger charge is -2.12. The third kappa shape index (κ3) is 3.90. The molecule has 5 heterocycles. The van der Waals surface area contributed by atoms with E-state index >= 15 is 0 Å². The summed E-state index contributed by atoms with van der Waals surface area (Å²) < 4.78 is 3.60. The van der Waals surface area contributed by atoms with Gasteiger partial charge in [0.25, 0.3) is 5.91 Å². The summed E-state index contributed by atoms with van der Waals surface area (Å²) in [5.74, 6) is -0.0269. The number of fused-ring (bicyclic) bond motifs is 2. The van der Waals surface area contributed by atoms with Crippen molar-refractivity contribution < 1.29 is 4.79 Å². The molecular weight excluding hydrogens is 464 g/mol. The number of aromatic nitrogens is 7. The molecule has 5 aromatic heterocycles. The zero-order valence-electron chi connectivity index (χ0n) is 20.9. The molecule has 0 aliphatic rings. The highest BCUT2D eigenvalue weighted by molar-refractivity contribution is 5.95. The SMILES string of the molecule is Cc1nn2c(-c3ccnc4nc(-c5ccn(C)n5)ccc34)cnc2cc1-c1ccc(C(=O)N(C)C)cc1. The van der Waals surface area contributed by atoms with E-state index in [1.165, 1.54) is 0 Å². The van der Waals surface area contributed by atoms with Crippen LogP contribution in [0.3, 0.4) is 0 Å². The first-order chi connectivity index (χ1) is 17.9. The van der Waals surface area contributed by atoms with Gasteiger partial charge in [0.2, 0.25) is 0 Å². The van der Waals surface area contributed by atoms with E-state index in [0.29, 0.717) is 11.2 Å². The molecule has 0 saturated heterocycles. The number of pyridine rings is 2. The van der Waals surface area contributed by atoms with Crippen LogP contribution < -0.4 is 0 Å². The fourth-order valence-electron chi connectivity index (χ4n) is 4.47. The molecule has 0 spiro atoms. The van der Waals surface area contributed by atoms with Gasteiger partial charge in [-0.25, -0.2) is 19.5 Å². The van der Waals surface area contributed by atoms with Gasteiger partial charge in [0.15, 0.2) is 11.3 Å². The number of amides is 1. The van der Waals surface area contributed by atoms with Crippen molar-refractivity contribution in [2.45, 2.75) is 6.92 Å². The minimum Gasteiger partial charge on any atom is -0.345 e. The van der Waals surface area contributed by atoms with Crippen LogP contribution in [-0.2, 0) is 7.05 Å². The molecule has 0 saturated carbocycles. The Kier molecular flexibility index (Phi) is 5.26. The Morgan fingerprint density at radius 2 is 1.70 bits per heavy atom. The molecule has 0 fully saturated rings. The summed E-state index contributed by atoms with van der Waals surface area (Å²) in [7, 11) is 5.37. The number of nitrogens with zero attached hydrogens (tertiary/aromatic N) is 8. The van der Waals surface area contributed by atoms with Crippen LogP contribution in [0.2, 0.25) is 0 Å². The second-order valence-corrected chi connectivity index (χ2v) is 9.13. The Morgan fingerprint density at radius 1 is 0.892 bits per heavy atom. The topological polar surface area (TPSA) is 94.1 Å². The molecule has 9 heteroatoms. The maximum Gasteiger partial charge on any atom is 0.253 e. The molecule has 0 aliphatic carbocycles. The molecule has 6 aromatic rings. The van der Waals surface area contributed by atoms with Crippen molar-refractivity contribution in [3.8, 4) is 33.8 Å². The van der Waals surface area contributed by atoms with Crippen LogP contribution in [0.5, 0.6) is 0 Å². The Hall–Kier alpha value is -4.92. The van der Waals surface area contributed by atoms with E-state index in [1.54, 1.807) is 29.9 Å². The van der Waals surface area contributed by atoms with Crippen molar-refractivity contribution in [1.82, 2.24) is 39.2 Å². The van der Waals surface area contributed by atoms with Crippen LogP contribution in [0.4, 0.5) is 0 Å². The molecule has 182 valence electrons. The van der Waals surface area contributed by atoms with Gasteiger partial charge in [-0.05, 0) is 55.0 Å². The van der Waals surface area contributed by atoms with Crippen molar-refractivity contribution in [2.24, 2.45) is 7.05 Å². The molecule has 0 radical (unpaired) electrons. The monoisotopic (exact) mass is 488 g/mol. The molecule has 6 rings (SSSR count). The number of carbonyl (C=O) groups excluding carboxylic acids is 1. The molecule has 0 N–H and O–H groups in total. The molecule has 0 atom stereocenters. The Balaban J connectivity index is 1.41. The van der Waals surface area contributed by atoms with Crippen LogP contribution in [0.15, 0.2) is 73.2 Å².